The lowest BCUT2D eigenvalue weighted by molar-refractivity contribution is -0.123. The van der Waals surface area contributed by atoms with E-state index in [1.807, 2.05) is 6.08 Å². The van der Waals surface area contributed by atoms with Gasteiger partial charge in [-0.25, -0.2) is 4.57 Å². The standard InChI is InChI=1S/C30H60NO6P/c1-3-5-7-9-11-12-13-14-15-16-17-18-20-21-23-25-29(32)28(27-37-38(34,35)36)31-30(33)26-24-22-19-10-8-6-4-2/h23,25,28-29,32H,3-22,24,26-27H2,1-2H3,(H,31,33)(H2,34,35,36)/b25-23+/t28-,29+/m0/s1. The van der Waals surface area contributed by atoms with E-state index in [1.54, 1.807) is 6.08 Å². The molecule has 0 radical (unpaired) electrons. The van der Waals surface area contributed by atoms with Crippen molar-refractivity contribution in [3.8, 4) is 0 Å². The Morgan fingerprint density at radius 1 is 0.737 bits per heavy atom. The Labute approximate surface area is 233 Å². The van der Waals surface area contributed by atoms with Crippen molar-refractivity contribution in [3.63, 3.8) is 0 Å². The van der Waals surface area contributed by atoms with Crippen molar-refractivity contribution in [2.75, 3.05) is 6.61 Å². The van der Waals surface area contributed by atoms with Gasteiger partial charge < -0.3 is 20.2 Å². The van der Waals surface area contributed by atoms with E-state index in [9.17, 15) is 14.5 Å². The van der Waals surface area contributed by atoms with Crippen LogP contribution in [0.2, 0.25) is 0 Å². The summed E-state index contributed by atoms with van der Waals surface area (Å²) < 4.78 is 15.7. The minimum absolute atomic E-state index is 0.234. The molecule has 0 saturated heterocycles. The van der Waals surface area contributed by atoms with Crippen LogP contribution in [0.3, 0.4) is 0 Å². The van der Waals surface area contributed by atoms with Gasteiger partial charge in [-0.05, 0) is 19.3 Å². The van der Waals surface area contributed by atoms with Crippen LogP contribution < -0.4 is 5.32 Å². The van der Waals surface area contributed by atoms with E-state index >= 15 is 0 Å². The first kappa shape index (κ1) is 37.3. The van der Waals surface area contributed by atoms with Crippen LogP contribution in [0.1, 0.15) is 155 Å². The fourth-order valence-corrected chi connectivity index (χ4v) is 4.93. The van der Waals surface area contributed by atoms with Gasteiger partial charge in [0.2, 0.25) is 5.91 Å². The molecule has 1 amide bonds. The first-order valence-electron chi connectivity index (χ1n) is 15.6. The Morgan fingerprint density at radius 3 is 1.61 bits per heavy atom. The van der Waals surface area contributed by atoms with E-state index in [1.165, 1.54) is 96.3 Å². The van der Waals surface area contributed by atoms with E-state index in [0.29, 0.717) is 6.42 Å². The Kier molecular flexibility index (Phi) is 26.0. The molecule has 0 rings (SSSR count). The molecule has 0 heterocycles. The number of amides is 1. The van der Waals surface area contributed by atoms with Crippen LogP contribution in [0.15, 0.2) is 12.2 Å². The molecule has 0 aromatic carbocycles. The maximum atomic E-state index is 12.3. The van der Waals surface area contributed by atoms with Gasteiger partial charge in [-0.3, -0.25) is 9.32 Å². The number of aliphatic hydroxyl groups is 1. The average molecular weight is 562 g/mol. The van der Waals surface area contributed by atoms with Crippen LogP contribution in [0, 0.1) is 0 Å². The van der Waals surface area contributed by atoms with Gasteiger partial charge in [0, 0.05) is 6.42 Å². The summed E-state index contributed by atoms with van der Waals surface area (Å²) in [5, 5.41) is 13.2. The fourth-order valence-electron chi connectivity index (χ4n) is 4.57. The summed E-state index contributed by atoms with van der Waals surface area (Å²) in [4.78, 5) is 30.4. The Bertz CT molecular complexity index is 610. The van der Waals surface area contributed by atoms with Crippen molar-refractivity contribution in [2.24, 2.45) is 0 Å². The second kappa shape index (κ2) is 26.5. The minimum atomic E-state index is -4.69. The lowest BCUT2D eigenvalue weighted by atomic mass is 10.0. The summed E-state index contributed by atoms with van der Waals surface area (Å²) in [6.45, 7) is 3.99. The first-order chi connectivity index (χ1) is 18.3. The smallest absolute Gasteiger partial charge is 0.387 e. The van der Waals surface area contributed by atoms with Crippen molar-refractivity contribution in [2.45, 2.75) is 167 Å². The zero-order valence-corrected chi connectivity index (χ0v) is 25.5. The topological polar surface area (TPSA) is 116 Å². The lowest BCUT2D eigenvalue weighted by Gasteiger charge is -2.22. The number of nitrogens with one attached hydrogen (secondary N) is 1. The normalized spacial score (nSPS) is 13.7. The molecule has 2 atom stereocenters. The third-order valence-corrected chi connectivity index (χ3v) is 7.48. The summed E-state index contributed by atoms with van der Waals surface area (Å²) >= 11 is 0. The van der Waals surface area contributed by atoms with Gasteiger partial charge in [0.05, 0.1) is 18.8 Å². The van der Waals surface area contributed by atoms with Crippen molar-refractivity contribution < 1.29 is 28.8 Å². The highest BCUT2D eigenvalue weighted by atomic mass is 31.2. The molecule has 0 spiro atoms. The van der Waals surface area contributed by atoms with Crippen LogP contribution >= 0.6 is 7.82 Å². The Morgan fingerprint density at radius 2 is 1.16 bits per heavy atom. The average Bonchev–Trinajstić information content (AvgIpc) is 2.87. The van der Waals surface area contributed by atoms with Gasteiger partial charge in [-0.1, -0.05) is 142 Å². The van der Waals surface area contributed by atoms with Gasteiger partial charge in [0.15, 0.2) is 0 Å². The molecule has 4 N–H and O–H groups in total. The van der Waals surface area contributed by atoms with Gasteiger partial charge in [0.25, 0.3) is 0 Å². The largest absolute Gasteiger partial charge is 0.469 e. The molecule has 7 nitrogen and oxygen atoms in total. The third kappa shape index (κ3) is 26.9. The number of carbonyl (C=O) groups excluding carboxylic acids is 1. The number of allylic oxidation sites excluding steroid dienone is 1. The highest BCUT2D eigenvalue weighted by Crippen LogP contribution is 2.35. The molecule has 0 aliphatic carbocycles. The van der Waals surface area contributed by atoms with Gasteiger partial charge in [0.1, 0.15) is 0 Å². The van der Waals surface area contributed by atoms with Gasteiger partial charge in [-0.2, -0.15) is 0 Å². The number of hydrogen-bond donors (Lipinski definition) is 4. The highest BCUT2D eigenvalue weighted by molar-refractivity contribution is 7.46. The van der Waals surface area contributed by atoms with Crippen LogP contribution in [-0.2, 0) is 13.9 Å². The predicted molar refractivity (Wildman–Crippen MR) is 158 cm³/mol. The van der Waals surface area contributed by atoms with Gasteiger partial charge in [-0.15, -0.1) is 0 Å². The van der Waals surface area contributed by atoms with Crippen molar-refractivity contribution in [1.29, 1.82) is 0 Å². The summed E-state index contributed by atoms with van der Waals surface area (Å²) in [5.74, 6) is -0.234. The summed E-state index contributed by atoms with van der Waals surface area (Å²) in [5.41, 5.74) is 0. The van der Waals surface area contributed by atoms with Crippen molar-refractivity contribution in [3.05, 3.63) is 12.2 Å². The van der Waals surface area contributed by atoms with E-state index < -0.39 is 26.6 Å². The molecule has 0 fully saturated rings. The fraction of sp³-hybridized carbons (Fsp3) is 0.900. The van der Waals surface area contributed by atoms with Crippen molar-refractivity contribution >= 4 is 13.7 Å². The number of aliphatic hydroxyl groups excluding tert-OH is 1. The molecule has 38 heavy (non-hydrogen) atoms. The number of phosphoric ester groups is 1. The molecular weight excluding hydrogens is 501 g/mol. The number of carbonyl (C=O) groups is 1. The number of phosphoric acid groups is 1. The zero-order valence-electron chi connectivity index (χ0n) is 24.6. The van der Waals surface area contributed by atoms with Crippen LogP contribution in [0.25, 0.3) is 0 Å². The predicted octanol–water partition coefficient (Wildman–Crippen LogP) is 8.12. The maximum Gasteiger partial charge on any atom is 0.469 e. The minimum Gasteiger partial charge on any atom is -0.387 e. The van der Waals surface area contributed by atoms with Crippen LogP contribution in [0.5, 0.6) is 0 Å². The molecule has 0 aliphatic rings. The zero-order chi connectivity index (χ0) is 28.3. The number of unbranched alkanes of at least 4 members (excludes halogenated alkanes) is 19. The quantitative estimate of drug-likeness (QED) is 0.0435. The van der Waals surface area contributed by atoms with E-state index in [2.05, 4.69) is 23.7 Å². The molecule has 0 aliphatic heterocycles. The first-order valence-corrected chi connectivity index (χ1v) is 17.2. The molecule has 226 valence electrons. The second-order valence-electron chi connectivity index (χ2n) is 10.8. The molecule has 0 saturated carbocycles. The van der Waals surface area contributed by atoms with E-state index in [-0.39, 0.29) is 5.91 Å². The van der Waals surface area contributed by atoms with E-state index in [4.69, 9.17) is 9.79 Å². The maximum absolute atomic E-state index is 12.3. The van der Waals surface area contributed by atoms with Crippen LogP contribution in [-0.4, -0.2) is 39.6 Å². The van der Waals surface area contributed by atoms with Crippen molar-refractivity contribution in [1.82, 2.24) is 5.32 Å². The third-order valence-electron chi connectivity index (χ3n) is 7.00. The highest BCUT2D eigenvalue weighted by Gasteiger charge is 2.24. The monoisotopic (exact) mass is 561 g/mol. The van der Waals surface area contributed by atoms with E-state index in [0.717, 1.165) is 38.5 Å². The molecule has 8 heteroatoms. The van der Waals surface area contributed by atoms with Gasteiger partial charge >= 0.3 is 7.82 Å². The summed E-state index contributed by atoms with van der Waals surface area (Å²) in [6, 6.07) is -0.900. The molecule has 0 aromatic rings. The summed E-state index contributed by atoms with van der Waals surface area (Å²) in [7, 11) is -4.69. The Hall–Kier alpha value is -0.720. The molecule has 0 bridgehead atoms. The molecule has 0 unspecified atom stereocenters. The van der Waals surface area contributed by atoms with Crippen LogP contribution in [0.4, 0.5) is 0 Å². The number of hydrogen-bond acceptors (Lipinski definition) is 4. The summed E-state index contributed by atoms with van der Waals surface area (Å²) in [6.07, 6.45) is 28.1. The molecule has 0 aromatic heterocycles. The molecular formula is C30H60NO6P. The SMILES string of the molecule is CCCCCCCCCCCCCCC/C=C/[C@@H](O)[C@H](COP(=O)(O)O)NC(=O)CCCCCCCCC. The second-order valence-corrected chi connectivity index (χ2v) is 12.0. The Balaban J connectivity index is 4.09. The lowest BCUT2D eigenvalue weighted by Crippen LogP contribution is -2.45. The number of rotatable bonds is 28.